The van der Waals surface area contributed by atoms with Gasteiger partial charge in [0.25, 0.3) is 0 Å². The standard InChI is InChI=1S/C17H25FN2O3.ClH/c1-12-13(2)20(17-4-3-14(18)9-16(12)17)11-15(23)10-19(5-7-21)6-8-22;/h3-4,9,15,21-23H,5-8,10-11H2,1-2H3;1H. The maximum atomic E-state index is 13.4. The number of benzene rings is 1. The number of rotatable bonds is 8. The maximum Gasteiger partial charge on any atom is 0.123 e. The van der Waals surface area contributed by atoms with Crippen molar-refractivity contribution in [2.45, 2.75) is 26.5 Å². The van der Waals surface area contributed by atoms with Crippen LogP contribution in [-0.4, -0.2) is 63.7 Å². The van der Waals surface area contributed by atoms with Gasteiger partial charge in [-0.3, -0.25) is 4.90 Å². The van der Waals surface area contributed by atoms with Gasteiger partial charge in [0.05, 0.1) is 25.9 Å². The summed E-state index contributed by atoms with van der Waals surface area (Å²) in [4.78, 5) is 1.82. The molecule has 1 atom stereocenters. The number of hydrogen-bond acceptors (Lipinski definition) is 4. The van der Waals surface area contributed by atoms with Gasteiger partial charge >= 0.3 is 0 Å². The third kappa shape index (κ3) is 4.68. The molecule has 0 aliphatic heterocycles. The molecule has 2 aromatic rings. The molecule has 0 aliphatic carbocycles. The van der Waals surface area contributed by atoms with Crippen molar-refractivity contribution in [3.63, 3.8) is 0 Å². The van der Waals surface area contributed by atoms with Crippen LogP contribution in [0.5, 0.6) is 0 Å². The summed E-state index contributed by atoms with van der Waals surface area (Å²) < 4.78 is 15.4. The summed E-state index contributed by atoms with van der Waals surface area (Å²) >= 11 is 0. The van der Waals surface area contributed by atoms with Crippen LogP contribution in [0.4, 0.5) is 4.39 Å². The quantitative estimate of drug-likeness (QED) is 0.666. The highest BCUT2D eigenvalue weighted by molar-refractivity contribution is 5.85. The molecule has 7 heteroatoms. The largest absolute Gasteiger partial charge is 0.395 e. The molecule has 1 unspecified atom stereocenters. The second-order valence-corrected chi connectivity index (χ2v) is 5.88. The molecule has 1 heterocycles. The fourth-order valence-electron chi connectivity index (χ4n) is 3.00. The van der Waals surface area contributed by atoms with Crippen molar-refractivity contribution in [1.29, 1.82) is 0 Å². The van der Waals surface area contributed by atoms with Crippen molar-refractivity contribution in [3.05, 3.63) is 35.3 Å². The van der Waals surface area contributed by atoms with E-state index in [-0.39, 0.29) is 31.4 Å². The van der Waals surface area contributed by atoms with Crippen LogP contribution in [0, 0.1) is 19.7 Å². The van der Waals surface area contributed by atoms with Gasteiger partial charge in [-0.05, 0) is 37.6 Å². The minimum Gasteiger partial charge on any atom is -0.395 e. The highest BCUT2D eigenvalue weighted by atomic mass is 35.5. The van der Waals surface area contributed by atoms with Crippen molar-refractivity contribution in [2.24, 2.45) is 0 Å². The lowest BCUT2D eigenvalue weighted by atomic mass is 10.1. The van der Waals surface area contributed by atoms with Gasteiger partial charge in [0, 0.05) is 36.2 Å². The second kappa shape index (κ2) is 9.34. The molecule has 0 amide bonds. The molecule has 0 fully saturated rings. The number of aromatic nitrogens is 1. The van der Waals surface area contributed by atoms with E-state index in [1.54, 1.807) is 6.07 Å². The van der Waals surface area contributed by atoms with E-state index in [1.807, 2.05) is 23.3 Å². The lowest BCUT2D eigenvalue weighted by Gasteiger charge is -2.24. The Morgan fingerprint density at radius 2 is 1.79 bits per heavy atom. The normalized spacial score (nSPS) is 12.6. The Morgan fingerprint density at radius 1 is 1.17 bits per heavy atom. The lowest BCUT2D eigenvalue weighted by Crippen LogP contribution is -2.38. The molecule has 0 spiro atoms. The Kier molecular flexibility index (Phi) is 8.12. The van der Waals surface area contributed by atoms with E-state index in [2.05, 4.69) is 0 Å². The molecule has 0 bridgehead atoms. The highest BCUT2D eigenvalue weighted by Crippen LogP contribution is 2.26. The first-order chi connectivity index (χ1) is 11.0. The number of aryl methyl sites for hydroxylation is 1. The highest BCUT2D eigenvalue weighted by Gasteiger charge is 2.16. The summed E-state index contributed by atoms with van der Waals surface area (Å²) in [6.07, 6.45) is -0.646. The van der Waals surface area contributed by atoms with Crippen LogP contribution in [-0.2, 0) is 6.54 Å². The summed E-state index contributed by atoms with van der Waals surface area (Å²) in [6, 6.07) is 4.68. The lowest BCUT2D eigenvalue weighted by molar-refractivity contribution is 0.0777. The Balaban J connectivity index is 0.00000288. The molecule has 0 radical (unpaired) electrons. The summed E-state index contributed by atoms with van der Waals surface area (Å²) in [5.41, 5.74) is 2.91. The zero-order chi connectivity index (χ0) is 17.0. The van der Waals surface area contributed by atoms with Gasteiger partial charge in [-0.25, -0.2) is 4.39 Å². The van der Waals surface area contributed by atoms with Crippen LogP contribution in [0.2, 0.25) is 0 Å². The molecule has 136 valence electrons. The van der Waals surface area contributed by atoms with E-state index in [0.29, 0.717) is 26.2 Å². The van der Waals surface area contributed by atoms with Gasteiger partial charge in [0.15, 0.2) is 0 Å². The summed E-state index contributed by atoms with van der Waals surface area (Å²) in [5, 5.41) is 29.3. The van der Waals surface area contributed by atoms with Gasteiger partial charge in [0.2, 0.25) is 0 Å². The smallest absolute Gasteiger partial charge is 0.123 e. The Bertz CT molecular complexity index is 657. The first-order valence-corrected chi connectivity index (χ1v) is 7.85. The third-order valence-electron chi connectivity index (χ3n) is 4.30. The Labute approximate surface area is 147 Å². The average Bonchev–Trinajstić information content (AvgIpc) is 2.72. The maximum absolute atomic E-state index is 13.4. The van der Waals surface area contributed by atoms with Crippen LogP contribution >= 0.6 is 12.4 Å². The number of fused-ring (bicyclic) bond motifs is 1. The number of aliphatic hydroxyl groups excluding tert-OH is 3. The van der Waals surface area contributed by atoms with Gasteiger partial charge in [0.1, 0.15) is 5.82 Å². The minimum absolute atomic E-state index is 0. The van der Waals surface area contributed by atoms with Gasteiger partial charge in [-0.15, -0.1) is 12.4 Å². The first kappa shape index (κ1) is 20.9. The van der Waals surface area contributed by atoms with E-state index in [0.717, 1.165) is 22.2 Å². The average molecular weight is 361 g/mol. The van der Waals surface area contributed by atoms with Crippen LogP contribution in [0.1, 0.15) is 11.3 Å². The van der Waals surface area contributed by atoms with E-state index < -0.39 is 6.10 Å². The monoisotopic (exact) mass is 360 g/mol. The van der Waals surface area contributed by atoms with Gasteiger partial charge in [-0.2, -0.15) is 0 Å². The van der Waals surface area contributed by atoms with Crippen molar-refractivity contribution in [1.82, 2.24) is 9.47 Å². The zero-order valence-electron chi connectivity index (χ0n) is 14.1. The van der Waals surface area contributed by atoms with Crippen molar-refractivity contribution in [2.75, 3.05) is 32.8 Å². The van der Waals surface area contributed by atoms with Crippen LogP contribution in [0.25, 0.3) is 10.9 Å². The topological polar surface area (TPSA) is 68.9 Å². The number of aliphatic hydroxyl groups is 3. The second-order valence-electron chi connectivity index (χ2n) is 5.88. The molecular formula is C17H26ClFN2O3. The van der Waals surface area contributed by atoms with E-state index in [1.165, 1.54) is 12.1 Å². The fourth-order valence-corrected chi connectivity index (χ4v) is 3.00. The van der Waals surface area contributed by atoms with Crippen molar-refractivity contribution < 1.29 is 19.7 Å². The molecule has 0 aliphatic rings. The van der Waals surface area contributed by atoms with Crippen molar-refractivity contribution >= 4 is 23.3 Å². The molecule has 2 rings (SSSR count). The molecule has 3 N–H and O–H groups in total. The summed E-state index contributed by atoms with van der Waals surface area (Å²) in [7, 11) is 0. The number of nitrogens with zero attached hydrogens (tertiary/aromatic N) is 2. The first-order valence-electron chi connectivity index (χ1n) is 7.85. The van der Waals surface area contributed by atoms with Gasteiger partial charge in [-0.1, -0.05) is 0 Å². The molecule has 0 saturated carbocycles. The Hall–Kier alpha value is -1.18. The number of halogens is 2. The summed E-state index contributed by atoms with van der Waals surface area (Å²) in [5.74, 6) is -0.268. The zero-order valence-corrected chi connectivity index (χ0v) is 14.9. The minimum atomic E-state index is -0.646. The molecule has 5 nitrogen and oxygen atoms in total. The van der Waals surface area contributed by atoms with E-state index in [9.17, 15) is 9.50 Å². The number of hydrogen-bond donors (Lipinski definition) is 3. The predicted molar refractivity (Wildman–Crippen MR) is 95.2 cm³/mol. The van der Waals surface area contributed by atoms with Crippen LogP contribution < -0.4 is 0 Å². The van der Waals surface area contributed by atoms with E-state index in [4.69, 9.17) is 10.2 Å². The third-order valence-corrected chi connectivity index (χ3v) is 4.30. The SMILES string of the molecule is Cc1c(C)n(CC(O)CN(CCO)CCO)c2ccc(F)cc12.Cl. The molecule has 1 aromatic heterocycles. The molecule has 24 heavy (non-hydrogen) atoms. The fraction of sp³-hybridized carbons (Fsp3) is 0.529. The van der Waals surface area contributed by atoms with Crippen LogP contribution in [0.3, 0.4) is 0 Å². The predicted octanol–water partition coefficient (Wildman–Crippen LogP) is 1.47. The molecule has 1 aromatic carbocycles. The molecule has 0 saturated heterocycles. The van der Waals surface area contributed by atoms with E-state index >= 15 is 0 Å². The summed E-state index contributed by atoms with van der Waals surface area (Å²) in [6.45, 7) is 5.44. The molecular weight excluding hydrogens is 335 g/mol. The van der Waals surface area contributed by atoms with Crippen LogP contribution in [0.15, 0.2) is 18.2 Å². The van der Waals surface area contributed by atoms with Gasteiger partial charge < -0.3 is 19.9 Å². The van der Waals surface area contributed by atoms with Crippen molar-refractivity contribution in [3.8, 4) is 0 Å². The Morgan fingerprint density at radius 3 is 2.38 bits per heavy atom.